The fourth-order valence-electron chi connectivity index (χ4n) is 3.70. The first kappa shape index (κ1) is 17.3. The van der Waals surface area contributed by atoms with Crippen LogP contribution >= 0.6 is 0 Å². The van der Waals surface area contributed by atoms with Crippen molar-refractivity contribution in [2.75, 3.05) is 31.7 Å². The van der Waals surface area contributed by atoms with Crippen LogP contribution in [-0.2, 0) is 21.1 Å². The summed E-state index contributed by atoms with van der Waals surface area (Å²) in [6.45, 7) is 1.49. The third-order valence-corrected chi connectivity index (χ3v) is 6.96. The van der Waals surface area contributed by atoms with Crippen molar-refractivity contribution in [2.24, 2.45) is 11.8 Å². The minimum absolute atomic E-state index is 0.0393. The van der Waals surface area contributed by atoms with Gasteiger partial charge in [-0.05, 0) is 49.3 Å². The molecule has 2 aliphatic heterocycles. The first-order valence-electron chi connectivity index (χ1n) is 8.59. The largest absolute Gasteiger partial charge is 0.497 e. The van der Waals surface area contributed by atoms with Crippen LogP contribution in [0.5, 0.6) is 5.75 Å². The molecule has 1 aromatic carbocycles. The summed E-state index contributed by atoms with van der Waals surface area (Å²) in [5, 5.41) is 0. The van der Waals surface area contributed by atoms with Gasteiger partial charge in [0.15, 0.2) is 9.84 Å². The maximum absolute atomic E-state index is 12.5. The number of carbonyl (C=O) groups excluding carboxylic acids is 1. The SMILES string of the molecule is COc1ccc(CC2CCN(C(=O)C3CCS(=O)(=O)C3)CC2)cc1. The zero-order chi connectivity index (χ0) is 17.2. The molecule has 1 amide bonds. The van der Waals surface area contributed by atoms with E-state index < -0.39 is 9.84 Å². The van der Waals surface area contributed by atoms with Gasteiger partial charge in [-0.2, -0.15) is 0 Å². The molecule has 0 aromatic heterocycles. The van der Waals surface area contributed by atoms with Gasteiger partial charge in [-0.1, -0.05) is 12.1 Å². The van der Waals surface area contributed by atoms with Crippen molar-refractivity contribution in [3.8, 4) is 5.75 Å². The molecule has 5 nitrogen and oxygen atoms in total. The normalized spacial score (nSPS) is 24.0. The quantitative estimate of drug-likeness (QED) is 0.831. The van der Waals surface area contributed by atoms with Crippen LogP contribution in [0.15, 0.2) is 24.3 Å². The Morgan fingerprint density at radius 2 is 1.83 bits per heavy atom. The van der Waals surface area contributed by atoms with Crippen molar-refractivity contribution in [1.82, 2.24) is 4.90 Å². The van der Waals surface area contributed by atoms with Crippen LogP contribution in [0, 0.1) is 11.8 Å². The van der Waals surface area contributed by atoms with Crippen LogP contribution in [0.3, 0.4) is 0 Å². The molecule has 0 spiro atoms. The summed E-state index contributed by atoms with van der Waals surface area (Å²) in [4.78, 5) is 14.3. The predicted molar refractivity (Wildman–Crippen MR) is 92.8 cm³/mol. The number of likely N-dealkylation sites (tertiary alicyclic amines) is 1. The number of ether oxygens (including phenoxy) is 1. The molecule has 0 radical (unpaired) electrons. The first-order valence-corrected chi connectivity index (χ1v) is 10.4. The van der Waals surface area contributed by atoms with E-state index >= 15 is 0 Å². The van der Waals surface area contributed by atoms with E-state index in [-0.39, 0.29) is 23.3 Å². The molecule has 0 bridgehead atoms. The third-order valence-electron chi connectivity index (χ3n) is 5.19. The van der Waals surface area contributed by atoms with Crippen LogP contribution in [0.1, 0.15) is 24.8 Å². The molecule has 1 aromatic rings. The number of hydrogen-bond donors (Lipinski definition) is 0. The predicted octanol–water partition coefficient (Wildman–Crippen LogP) is 1.91. The summed E-state index contributed by atoms with van der Waals surface area (Å²) in [5.74, 6) is 1.38. The fraction of sp³-hybridized carbons (Fsp3) is 0.611. The highest BCUT2D eigenvalue weighted by Crippen LogP contribution is 2.26. The molecule has 0 saturated carbocycles. The molecular formula is C18H25NO4S. The minimum Gasteiger partial charge on any atom is -0.497 e. The van der Waals surface area contributed by atoms with Gasteiger partial charge in [0.25, 0.3) is 0 Å². The molecule has 24 heavy (non-hydrogen) atoms. The van der Waals surface area contributed by atoms with E-state index in [1.807, 2.05) is 17.0 Å². The second-order valence-electron chi connectivity index (χ2n) is 6.92. The molecule has 2 aliphatic rings. The van der Waals surface area contributed by atoms with Crippen molar-refractivity contribution in [1.29, 1.82) is 0 Å². The van der Waals surface area contributed by atoms with Crippen LogP contribution in [0.2, 0.25) is 0 Å². The number of amides is 1. The summed E-state index contributed by atoms with van der Waals surface area (Å²) in [6, 6.07) is 8.16. The Balaban J connectivity index is 1.49. The Labute approximate surface area is 143 Å². The van der Waals surface area contributed by atoms with E-state index in [4.69, 9.17) is 4.74 Å². The third kappa shape index (κ3) is 4.09. The van der Waals surface area contributed by atoms with Gasteiger partial charge in [-0.25, -0.2) is 8.42 Å². The molecule has 1 atom stereocenters. The van der Waals surface area contributed by atoms with Crippen molar-refractivity contribution in [3.05, 3.63) is 29.8 Å². The molecule has 2 heterocycles. The van der Waals surface area contributed by atoms with Crippen LogP contribution in [0.4, 0.5) is 0 Å². The molecule has 0 aliphatic carbocycles. The van der Waals surface area contributed by atoms with Crippen molar-refractivity contribution >= 4 is 15.7 Å². The standard InChI is InChI=1S/C18H25NO4S/c1-23-17-4-2-14(3-5-17)12-15-6-9-19(10-7-15)18(20)16-8-11-24(21,22)13-16/h2-5,15-16H,6-13H2,1H3. The van der Waals surface area contributed by atoms with E-state index in [1.165, 1.54) is 5.56 Å². The Kier molecular flexibility index (Phi) is 5.13. The van der Waals surface area contributed by atoms with Crippen LogP contribution in [0.25, 0.3) is 0 Å². The van der Waals surface area contributed by atoms with Gasteiger partial charge in [0.2, 0.25) is 5.91 Å². The summed E-state index contributed by atoms with van der Waals surface area (Å²) in [5.41, 5.74) is 1.29. The number of sulfone groups is 1. The Hall–Kier alpha value is -1.56. The maximum atomic E-state index is 12.5. The lowest BCUT2D eigenvalue weighted by Crippen LogP contribution is -2.42. The molecule has 6 heteroatoms. The number of carbonyl (C=O) groups is 1. The second-order valence-corrected chi connectivity index (χ2v) is 9.15. The Morgan fingerprint density at radius 3 is 2.38 bits per heavy atom. The summed E-state index contributed by atoms with van der Waals surface area (Å²) < 4.78 is 28.3. The number of rotatable bonds is 4. The van der Waals surface area contributed by atoms with E-state index in [1.54, 1.807) is 7.11 Å². The molecule has 0 N–H and O–H groups in total. The van der Waals surface area contributed by atoms with Gasteiger partial charge >= 0.3 is 0 Å². The van der Waals surface area contributed by atoms with E-state index in [2.05, 4.69) is 12.1 Å². The van der Waals surface area contributed by atoms with E-state index in [0.717, 1.165) is 38.1 Å². The van der Waals surface area contributed by atoms with E-state index in [9.17, 15) is 13.2 Å². The zero-order valence-electron chi connectivity index (χ0n) is 14.1. The average molecular weight is 351 g/mol. The van der Waals surface area contributed by atoms with Gasteiger partial charge in [0.05, 0.1) is 24.5 Å². The summed E-state index contributed by atoms with van der Waals surface area (Å²) >= 11 is 0. The second kappa shape index (κ2) is 7.13. The first-order chi connectivity index (χ1) is 11.5. The van der Waals surface area contributed by atoms with E-state index in [0.29, 0.717) is 12.3 Å². The van der Waals surface area contributed by atoms with Gasteiger partial charge in [0.1, 0.15) is 5.75 Å². The van der Waals surface area contributed by atoms with Crippen molar-refractivity contribution < 1.29 is 17.9 Å². The molecule has 2 saturated heterocycles. The van der Waals surface area contributed by atoms with Gasteiger partial charge in [-0.15, -0.1) is 0 Å². The lowest BCUT2D eigenvalue weighted by atomic mass is 9.89. The van der Waals surface area contributed by atoms with Gasteiger partial charge < -0.3 is 9.64 Å². The highest BCUT2D eigenvalue weighted by atomic mass is 32.2. The number of benzene rings is 1. The smallest absolute Gasteiger partial charge is 0.226 e. The minimum atomic E-state index is -2.99. The fourth-order valence-corrected chi connectivity index (χ4v) is 5.43. The number of piperidine rings is 1. The summed E-state index contributed by atoms with van der Waals surface area (Å²) in [6.07, 6.45) is 3.48. The lowest BCUT2D eigenvalue weighted by molar-refractivity contribution is -0.136. The number of hydrogen-bond acceptors (Lipinski definition) is 4. The highest BCUT2D eigenvalue weighted by Gasteiger charge is 2.36. The number of nitrogens with zero attached hydrogens (tertiary/aromatic N) is 1. The van der Waals surface area contributed by atoms with Crippen LogP contribution < -0.4 is 4.74 Å². The van der Waals surface area contributed by atoms with Gasteiger partial charge in [-0.3, -0.25) is 4.79 Å². The molecular weight excluding hydrogens is 326 g/mol. The Morgan fingerprint density at radius 1 is 1.17 bits per heavy atom. The highest BCUT2D eigenvalue weighted by molar-refractivity contribution is 7.91. The Bertz CT molecular complexity index is 675. The molecule has 1 unspecified atom stereocenters. The molecule has 132 valence electrons. The monoisotopic (exact) mass is 351 g/mol. The van der Waals surface area contributed by atoms with Gasteiger partial charge in [0, 0.05) is 13.1 Å². The summed E-state index contributed by atoms with van der Waals surface area (Å²) in [7, 11) is -1.33. The van der Waals surface area contributed by atoms with Crippen LogP contribution in [-0.4, -0.2) is 50.9 Å². The number of methoxy groups -OCH3 is 1. The molecule has 2 fully saturated rings. The van der Waals surface area contributed by atoms with Crippen molar-refractivity contribution in [2.45, 2.75) is 25.7 Å². The van der Waals surface area contributed by atoms with Crippen molar-refractivity contribution in [3.63, 3.8) is 0 Å². The topological polar surface area (TPSA) is 63.7 Å². The average Bonchev–Trinajstić information content (AvgIpc) is 2.95. The molecule has 3 rings (SSSR count). The maximum Gasteiger partial charge on any atom is 0.226 e. The zero-order valence-corrected chi connectivity index (χ0v) is 14.9. The lowest BCUT2D eigenvalue weighted by Gasteiger charge is -2.33.